The zero-order valence-electron chi connectivity index (χ0n) is 17.2. The lowest BCUT2D eigenvalue weighted by molar-refractivity contribution is -0.0295. The van der Waals surface area contributed by atoms with Crippen LogP contribution in [-0.4, -0.2) is 64.1 Å². The molecule has 29 heavy (non-hydrogen) atoms. The average molecular weight is 421 g/mol. The predicted molar refractivity (Wildman–Crippen MR) is 112 cm³/mol. The Morgan fingerprint density at radius 3 is 2.90 bits per heavy atom. The molecule has 3 unspecified atom stereocenters. The van der Waals surface area contributed by atoms with Gasteiger partial charge in [0, 0.05) is 29.6 Å². The van der Waals surface area contributed by atoms with Crippen LogP contribution in [0.2, 0.25) is 0 Å². The van der Waals surface area contributed by atoms with Crippen molar-refractivity contribution in [2.45, 2.75) is 62.1 Å². The van der Waals surface area contributed by atoms with Crippen molar-refractivity contribution in [3.05, 3.63) is 29.8 Å². The highest BCUT2D eigenvalue weighted by atomic mass is 32.2. The maximum Gasteiger partial charge on any atom is 0.209 e. The van der Waals surface area contributed by atoms with Crippen molar-refractivity contribution in [2.24, 2.45) is 5.92 Å². The fourth-order valence-electron chi connectivity index (χ4n) is 6.02. The predicted octanol–water partition coefficient (Wildman–Crippen LogP) is 2.29. The number of piperidine rings is 1. The van der Waals surface area contributed by atoms with E-state index in [1.165, 1.54) is 18.2 Å². The lowest BCUT2D eigenvalue weighted by atomic mass is 9.81. The van der Waals surface area contributed by atoms with Gasteiger partial charge in [0.15, 0.2) is 0 Å². The minimum Gasteiger partial charge on any atom is -0.492 e. The van der Waals surface area contributed by atoms with E-state index in [0.717, 1.165) is 50.9 Å². The van der Waals surface area contributed by atoms with Crippen molar-refractivity contribution in [3.63, 3.8) is 0 Å². The Morgan fingerprint density at radius 1 is 1.21 bits per heavy atom. The molecule has 3 aliphatic heterocycles. The maximum absolute atomic E-state index is 11.9. The van der Waals surface area contributed by atoms with Gasteiger partial charge in [0.05, 0.1) is 19.0 Å². The van der Waals surface area contributed by atoms with E-state index in [1.54, 1.807) is 0 Å². The van der Waals surface area contributed by atoms with Crippen molar-refractivity contribution in [2.75, 3.05) is 32.6 Å². The molecule has 2 bridgehead atoms. The fraction of sp³-hybridized carbons (Fsp3) is 0.727. The van der Waals surface area contributed by atoms with Crippen LogP contribution < -0.4 is 9.46 Å². The molecule has 6 nitrogen and oxygen atoms in total. The van der Waals surface area contributed by atoms with Crippen LogP contribution in [0.3, 0.4) is 0 Å². The van der Waals surface area contributed by atoms with E-state index < -0.39 is 10.0 Å². The van der Waals surface area contributed by atoms with E-state index >= 15 is 0 Å². The van der Waals surface area contributed by atoms with Gasteiger partial charge in [-0.25, -0.2) is 13.1 Å². The largest absolute Gasteiger partial charge is 0.492 e. The topological polar surface area (TPSA) is 67.9 Å². The molecule has 1 aromatic carbocycles. The number of nitrogens with zero attached hydrogens (tertiary/aromatic N) is 1. The Balaban J connectivity index is 1.41. The number of hydrogen-bond donors (Lipinski definition) is 1. The van der Waals surface area contributed by atoms with Crippen LogP contribution in [0.1, 0.15) is 44.1 Å². The SMILES string of the molecule is CS(=O)(=O)NC1CCCN2CCOc3ccccc3[C@]34CC[C@@H](CC3C4)OCC12. The highest BCUT2D eigenvalue weighted by Gasteiger charge is 2.59. The number of sulfonamides is 1. The number of fused-ring (bicyclic) bond motifs is 4. The van der Waals surface area contributed by atoms with Crippen LogP contribution in [0.5, 0.6) is 5.75 Å². The summed E-state index contributed by atoms with van der Waals surface area (Å²) >= 11 is 0. The molecule has 1 aromatic rings. The number of nitrogens with one attached hydrogen (secondary N) is 1. The lowest BCUT2D eigenvalue weighted by Gasteiger charge is -2.41. The van der Waals surface area contributed by atoms with Gasteiger partial charge in [-0.05, 0) is 57.1 Å². The molecule has 5 aliphatic rings. The summed E-state index contributed by atoms with van der Waals surface area (Å²) < 4.78 is 39.4. The zero-order valence-corrected chi connectivity index (χ0v) is 18.0. The van der Waals surface area contributed by atoms with Crippen LogP contribution in [0.15, 0.2) is 24.3 Å². The van der Waals surface area contributed by atoms with E-state index in [-0.39, 0.29) is 23.6 Å². The highest BCUT2D eigenvalue weighted by Crippen LogP contribution is 2.64. The molecule has 7 heteroatoms. The van der Waals surface area contributed by atoms with Crippen LogP contribution in [0, 0.1) is 5.92 Å². The average Bonchev–Trinajstić information content (AvgIpc) is 3.40. The second-order valence-corrected chi connectivity index (χ2v) is 11.2. The normalized spacial score (nSPS) is 37.7. The number of ether oxygens (including phenoxy) is 2. The summed E-state index contributed by atoms with van der Waals surface area (Å²) in [4.78, 5) is 2.36. The van der Waals surface area contributed by atoms with Gasteiger partial charge in [-0.1, -0.05) is 18.2 Å². The van der Waals surface area contributed by atoms with Gasteiger partial charge < -0.3 is 9.47 Å². The Bertz CT molecular complexity index is 860. The van der Waals surface area contributed by atoms with Crippen LogP contribution in [-0.2, 0) is 20.2 Å². The summed E-state index contributed by atoms with van der Waals surface area (Å²) in [7, 11) is -3.25. The van der Waals surface area contributed by atoms with Crippen molar-refractivity contribution in [1.82, 2.24) is 9.62 Å². The molecule has 1 spiro atoms. The monoisotopic (exact) mass is 420 g/mol. The molecule has 2 saturated carbocycles. The van der Waals surface area contributed by atoms with E-state index in [2.05, 4.69) is 33.9 Å². The molecule has 1 N–H and O–H groups in total. The highest BCUT2D eigenvalue weighted by molar-refractivity contribution is 7.88. The lowest BCUT2D eigenvalue weighted by Crippen LogP contribution is -2.58. The molecule has 160 valence electrons. The van der Waals surface area contributed by atoms with Crippen molar-refractivity contribution >= 4 is 10.0 Å². The Hall–Kier alpha value is -1.15. The first-order valence-electron chi connectivity index (χ1n) is 11.0. The van der Waals surface area contributed by atoms with Gasteiger partial charge >= 0.3 is 0 Å². The molecule has 6 rings (SSSR count). The number of hydrogen-bond acceptors (Lipinski definition) is 5. The molecule has 3 heterocycles. The molecule has 0 radical (unpaired) electrons. The van der Waals surface area contributed by atoms with E-state index in [4.69, 9.17) is 9.47 Å². The summed E-state index contributed by atoms with van der Waals surface area (Å²) in [5.74, 6) is 1.71. The Labute approximate surface area is 174 Å². The summed E-state index contributed by atoms with van der Waals surface area (Å²) in [6.45, 7) is 2.94. The molecule has 0 amide bonds. The number of para-hydroxylation sites is 1. The van der Waals surface area contributed by atoms with E-state index in [9.17, 15) is 8.42 Å². The third-order valence-corrected chi connectivity index (χ3v) is 8.24. The zero-order chi connectivity index (χ0) is 20.1. The van der Waals surface area contributed by atoms with Crippen LogP contribution in [0.4, 0.5) is 0 Å². The maximum atomic E-state index is 11.9. The van der Waals surface area contributed by atoms with Crippen LogP contribution in [0.25, 0.3) is 0 Å². The smallest absolute Gasteiger partial charge is 0.209 e. The van der Waals surface area contributed by atoms with Crippen molar-refractivity contribution in [3.8, 4) is 5.75 Å². The van der Waals surface area contributed by atoms with E-state index in [1.807, 2.05) is 0 Å². The molecular weight excluding hydrogens is 388 g/mol. The quantitative estimate of drug-likeness (QED) is 0.795. The van der Waals surface area contributed by atoms with Crippen molar-refractivity contribution in [1.29, 1.82) is 0 Å². The minimum absolute atomic E-state index is 0.0592. The summed E-state index contributed by atoms with van der Waals surface area (Å²) in [6, 6.07) is 8.53. The van der Waals surface area contributed by atoms with Gasteiger partial charge in [-0.15, -0.1) is 0 Å². The van der Waals surface area contributed by atoms with Gasteiger partial charge in [0.1, 0.15) is 12.4 Å². The fourth-order valence-corrected chi connectivity index (χ4v) is 6.84. The third kappa shape index (κ3) is 3.94. The molecule has 1 saturated heterocycles. The molecular formula is C22H32N2O4S. The number of rotatable bonds is 2. The van der Waals surface area contributed by atoms with Gasteiger partial charge in [0.2, 0.25) is 10.0 Å². The number of benzene rings is 1. The summed E-state index contributed by atoms with van der Waals surface area (Å²) in [5, 5.41) is 0. The second-order valence-electron chi connectivity index (χ2n) is 9.37. The second kappa shape index (κ2) is 7.52. The first-order valence-corrected chi connectivity index (χ1v) is 12.9. The van der Waals surface area contributed by atoms with Gasteiger partial charge in [-0.3, -0.25) is 4.90 Å². The third-order valence-electron chi connectivity index (χ3n) is 7.51. The van der Waals surface area contributed by atoms with Crippen molar-refractivity contribution < 1.29 is 17.9 Å². The minimum atomic E-state index is -3.25. The molecule has 2 aliphatic carbocycles. The molecule has 0 aromatic heterocycles. The van der Waals surface area contributed by atoms with E-state index in [0.29, 0.717) is 19.1 Å². The summed E-state index contributed by atoms with van der Waals surface area (Å²) in [6.07, 6.45) is 7.94. The van der Waals surface area contributed by atoms with Crippen LogP contribution >= 0.6 is 0 Å². The summed E-state index contributed by atoms with van der Waals surface area (Å²) in [5.41, 5.74) is 1.67. The molecule has 5 atom stereocenters. The molecule has 3 fully saturated rings. The standard InChI is InChI=1S/C22H32N2O4S/c1-29(25,26)23-19-6-4-10-24-11-12-27-21-7-3-2-5-18(21)22-9-8-17(13-16(22)14-22)28-15-20(19)24/h2-3,5,7,16-17,19-20,23H,4,6,8-15H2,1H3/t16?,17-,19?,20?,22-/m0/s1. The Morgan fingerprint density at radius 2 is 2.07 bits per heavy atom. The first-order chi connectivity index (χ1) is 13.9. The first kappa shape index (κ1) is 19.8. The van der Waals surface area contributed by atoms with Gasteiger partial charge in [-0.2, -0.15) is 0 Å². The van der Waals surface area contributed by atoms with Gasteiger partial charge in [0.25, 0.3) is 0 Å². The Kier molecular flexibility index (Phi) is 5.13.